The molecule has 0 saturated heterocycles. The molecule has 0 aliphatic heterocycles. The molecule has 136 valence electrons. The molecule has 9 heteroatoms. The number of carbonyl (C=O) groups is 2. The maximum Gasteiger partial charge on any atom is 0.407 e. The molecular formula is C14H25F2O6P. The van der Waals surface area contributed by atoms with Crippen LogP contribution in [0.15, 0.2) is 0 Å². The second kappa shape index (κ2) is 10.8. The lowest BCUT2D eigenvalue weighted by Gasteiger charge is -2.25. The Morgan fingerprint density at radius 3 is 1.87 bits per heavy atom. The van der Waals surface area contributed by atoms with E-state index in [9.17, 15) is 22.9 Å². The van der Waals surface area contributed by atoms with Gasteiger partial charge in [-0.1, -0.05) is 26.7 Å². The Balaban J connectivity index is 4.95. The number of alkyl halides is 2. The molecule has 0 bridgehead atoms. The number of ketones is 1. The van der Waals surface area contributed by atoms with E-state index in [2.05, 4.69) is 4.74 Å². The van der Waals surface area contributed by atoms with Gasteiger partial charge in [0.05, 0.1) is 19.8 Å². The monoisotopic (exact) mass is 358 g/mol. The molecule has 0 unspecified atom stereocenters. The molecule has 0 aromatic carbocycles. The van der Waals surface area contributed by atoms with E-state index >= 15 is 0 Å². The summed E-state index contributed by atoms with van der Waals surface area (Å²) in [5, 5.41) is 0. The van der Waals surface area contributed by atoms with E-state index in [4.69, 9.17) is 9.05 Å². The van der Waals surface area contributed by atoms with Crippen molar-refractivity contribution in [2.75, 3.05) is 19.8 Å². The maximum atomic E-state index is 14.2. The van der Waals surface area contributed by atoms with Gasteiger partial charge in [-0.2, -0.15) is 8.78 Å². The SMILES string of the molecule is CCCCOP(=O)(OCCCC)C(F)(F)C(=O)CCOC(C)=O. The molecule has 0 fully saturated rings. The van der Waals surface area contributed by atoms with Crippen LogP contribution in [0.1, 0.15) is 52.9 Å². The third kappa shape index (κ3) is 7.50. The van der Waals surface area contributed by atoms with E-state index in [-0.39, 0.29) is 13.2 Å². The van der Waals surface area contributed by atoms with Crippen molar-refractivity contribution in [3.05, 3.63) is 0 Å². The Morgan fingerprint density at radius 1 is 1.00 bits per heavy atom. The van der Waals surface area contributed by atoms with Crippen LogP contribution < -0.4 is 0 Å². The molecular weight excluding hydrogens is 333 g/mol. The van der Waals surface area contributed by atoms with Gasteiger partial charge in [-0.25, -0.2) is 0 Å². The second-order valence-corrected chi connectivity index (χ2v) is 7.00. The third-order valence-corrected chi connectivity index (χ3v) is 4.81. The van der Waals surface area contributed by atoms with Crippen LogP contribution in [-0.2, 0) is 27.9 Å². The molecule has 0 radical (unpaired) electrons. The van der Waals surface area contributed by atoms with Gasteiger partial charge in [-0.3, -0.25) is 14.2 Å². The van der Waals surface area contributed by atoms with Crippen molar-refractivity contribution >= 4 is 19.3 Å². The average molecular weight is 358 g/mol. The lowest BCUT2D eigenvalue weighted by molar-refractivity contribution is -0.144. The average Bonchev–Trinajstić information content (AvgIpc) is 2.47. The molecule has 0 aliphatic carbocycles. The van der Waals surface area contributed by atoms with Gasteiger partial charge in [-0.15, -0.1) is 0 Å². The van der Waals surface area contributed by atoms with Crippen molar-refractivity contribution < 1.29 is 36.7 Å². The second-order valence-electron chi connectivity index (χ2n) is 4.93. The van der Waals surface area contributed by atoms with Gasteiger partial charge < -0.3 is 13.8 Å². The third-order valence-electron chi connectivity index (χ3n) is 2.83. The van der Waals surface area contributed by atoms with Gasteiger partial charge in [-0.05, 0) is 12.8 Å². The lowest BCUT2D eigenvalue weighted by Crippen LogP contribution is -2.32. The van der Waals surface area contributed by atoms with Crippen LogP contribution in [0.4, 0.5) is 8.78 Å². The molecule has 0 aromatic heterocycles. The number of carbonyl (C=O) groups excluding carboxylic acids is 2. The smallest absolute Gasteiger partial charge is 0.407 e. The van der Waals surface area contributed by atoms with Crippen molar-refractivity contribution in [3.8, 4) is 0 Å². The summed E-state index contributed by atoms with van der Waals surface area (Å²) < 4.78 is 54.9. The van der Waals surface area contributed by atoms with E-state index in [0.29, 0.717) is 25.7 Å². The van der Waals surface area contributed by atoms with Crippen LogP contribution in [0.25, 0.3) is 0 Å². The minimum Gasteiger partial charge on any atom is -0.465 e. The van der Waals surface area contributed by atoms with E-state index in [0.717, 1.165) is 6.92 Å². The van der Waals surface area contributed by atoms with Gasteiger partial charge >= 0.3 is 19.2 Å². The fraction of sp³-hybridized carbons (Fsp3) is 0.857. The quantitative estimate of drug-likeness (QED) is 0.282. The highest BCUT2D eigenvalue weighted by molar-refractivity contribution is 7.56. The minimum absolute atomic E-state index is 0.188. The van der Waals surface area contributed by atoms with Crippen molar-refractivity contribution in [1.82, 2.24) is 0 Å². The van der Waals surface area contributed by atoms with Crippen molar-refractivity contribution in [3.63, 3.8) is 0 Å². The molecule has 0 aliphatic rings. The highest BCUT2D eigenvalue weighted by Gasteiger charge is 2.58. The summed E-state index contributed by atoms with van der Waals surface area (Å²) in [5.41, 5.74) is -4.27. The number of rotatable bonds is 13. The molecule has 6 nitrogen and oxygen atoms in total. The summed E-state index contributed by atoms with van der Waals surface area (Å²) in [5.74, 6) is -2.32. The number of hydrogen-bond acceptors (Lipinski definition) is 6. The first-order valence-corrected chi connectivity index (χ1v) is 9.19. The summed E-state index contributed by atoms with van der Waals surface area (Å²) in [6, 6.07) is 0. The first-order valence-electron chi connectivity index (χ1n) is 7.65. The zero-order chi connectivity index (χ0) is 17.9. The maximum absolute atomic E-state index is 14.2. The van der Waals surface area contributed by atoms with Gasteiger partial charge in [0.1, 0.15) is 0 Å². The Kier molecular flexibility index (Phi) is 10.4. The van der Waals surface area contributed by atoms with Crippen molar-refractivity contribution in [2.45, 2.75) is 58.5 Å². The summed E-state index contributed by atoms with van der Waals surface area (Å²) in [4.78, 5) is 22.3. The molecule has 0 aromatic rings. The molecule has 0 N–H and O–H groups in total. The number of hydrogen-bond donors (Lipinski definition) is 0. The van der Waals surface area contributed by atoms with E-state index in [1.54, 1.807) is 0 Å². The number of ether oxygens (including phenoxy) is 1. The molecule has 0 heterocycles. The molecule has 0 atom stereocenters. The number of unbranched alkanes of at least 4 members (excludes halogenated alkanes) is 2. The fourth-order valence-electron chi connectivity index (χ4n) is 1.45. The van der Waals surface area contributed by atoms with Crippen LogP contribution in [0.5, 0.6) is 0 Å². The normalized spacial score (nSPS) is 12.2. The Bertz CT molecular complexity index is 413. The van der Waals surface area contributed by atoms with Gasteiger partial charge in [0.15, 0.2) is 0 Å². The van der Waals surface area contributed by atoms with Gasteiger partial charge in [0, 0.05) is 13.3 Å². The standard InChI is InChI=1S/C14H25F2O6P/c1-4-6-9-21-23(19,22-10-7-5-2)14(15,16)13(18)8-11-20-12(3)17/h4-11H2,1-3H3. The number of halogens is 2. The first kappa shape index (κ1) is 22.1. The van der Waals surface area contributed by atoms with E-state index < -0.39 is 38.0 Å². The Labute approximate surface area is 135 Å². The number of esters is 1. The highest BCUT2D eigenvalue weighted by Crippen LogP contribution is 2.62. The summed E-state index contributed by atoms with van der Waals surface area (Å²) in [6.07, 6.45) is 1.38. The lowest BCUT2D eigenvalue weighted by atomic mass is 10.3. The summed E-state index contributed by atoms with van der Waals surface area (Å²) in [7, 11) is -4.93. The van der Waals surface area contributed by atoms with Crippen LogP contribution in [0.3, 0.4) is 0 Å². The van der Waals surface area contributed by atoms with Gasteiger partial charge in [0.2, 0.25) is 5.78 Å². The fourth-order valence-corrected chi connectivity index (χ4v) is 3.00. The Morgan fingerprint density at radius 2 is 1.48 bits per heavy atom. The molecule has 23 heavy (non-hydrogen) atoms. The topological polar surface area (TPSA) is 78.9 Å². The molecule has 0 rings (SSSR count). The number of Topliss-reactive ketones (excluding diaryl/α,β-unsaturated/α-hetero) is 1. The molecule has 0 amide bonds. The van der Waals surface area contributed by atoms with Crippen LogP contribution >= 0.6 is 7.60 Å². The zero-order valence-corrected chi connectivity index (χ0v) is 14.7. The highest BCUT2D eigenvalue weighted by atomic mass is 31.2. The van der Waals surface area contributed by atoms with Crippen LogP contribution in [0.2, 0.25) is 0 Å². The zero-order valence-electron chi connectivity index (χ0n) is 13.8. The van der Waals surface area contributed by atoms with Crippen molar-refractivity contribution in [1.29, 1.82) is 0 Å². The largest absolute Gasteiger partial charge is 0.465 e. The summed E-state index contributed by atoms with van der Waals surface area (Å²) >= 11 is 0. The predicted octanol–water partition coefficient (Wildman–Crippen LogP) is 3.93. The van der Waals surface area contributed by atoms with Crippen molar-refractivity contribution in [2.24, 2.45) is 0 Å². The molecule has 0 saturated carbocycles. The molecule has 0 spiro atoms. The summed E-state index contributed by atoms with van der Waals surface area (Å²) in [6.45, 7) is 3.84. The predicted molar refractivity (Wildman–Crippen MR) is 80.5 cm³/mol. The minimum atomic E-state index is -4.93. The van der Waals surface area contributed by atoms with Crippen LogP contribution in [0, 0.1) is 0 Å². The Hall–Kier alpha value is -0.850. The van der Waals surface area contributed by atoms with Gasteiger partial charge in [0.25, 0.3) is 0 Å². The van der Waals surface area contributed by atoms with Crippen LogP contribution in [-0.4, -0.2) is 37.2 Å². The first-order chi connectivity index (χ1) is 10.7. The van der Waals surface area contributed by atoms with E-state index in [1.807, 2.05) is 13.8 Å². The van der Waals surface area contributed by atoms with E-state index in [1.165, 1.54) is 0 Å².